The molecule has 1 nitrogen and oxygen atoms in total. The second-order valence-corrected chi connectivity index (χ2v) is 9.67. The Labute approximate surface area is 182 Å². The summed E-state index contributed by atoms with van der Waals surface area (Å²) < 4.78 is 0. The van der Waals surface area contributed by atoms with Gasteiger partial charge in [0.05, 0.1) is 0 Å². The minimum Gasteiger partial charge on any atom is -0.507 e. The summed E-state index contributed by atoms with van der Waals surface area (Å²) in [6.45, 7) is 19.6. The number of aromatic hydroxyl groups is 1. The molecule has 1 aromatic carbocycles. The van der Waals surface area contributed by atoms with Gasteiger partial charge in [-0.2, -0.15) is 6.08 Å². The predicted octanol–water partition coefficient (Wildman–Crippen LogP) is 7.01. The molecule has 1 aromatic rings. The van der Waals surface area contributed by atoms with Gasteiger partial charge in [-0.3, -0.25) is 6.08 Å². The van der Waals surface area contributed by atoms with Crippen LogP contribution in [0.4, 0.5) is 0 Å². The standard InChI is InChI=1S/C18H30O.C5H5.ClH.Ti/c1-16(2,3)12-10-13(17(4,5)6)15(19)14(11-12)18(7,8)9;1-2-4-5-3-1;;/h10-11,19H,1-9H3;1-3H,4H2;1H;/q;-1;;. The van der Waals surface area contributed by atoms with Crippen molar-refractivity contribution in [2.75, 3.05) is 0 Å². The fraction of sp³-hybridized carbons (Fsp3) is 0.565. The second kappa shape index (κ2) is 10.2. The zero-order valence-corrected chi connectivity index (χ0v) is 20.3. The van der Waals surface area contributed by atoms with Gasteiger partial charge in [-0.25, -0.2) is 12.2 Å². The molecular weight excluding hydrogens is 376 g/mol. The van der Waals surface area contributed by atoms with Crippen molar-refractivity contribution in [3.05, 3.63) is 53.1 Å². The van der Waals surface area contributed by atoms with E-state index in [4.69, 9.17) is 0 Å². The summed E-state index contributed by atoms with van der Waals surface area (Å²) in [5.74, 6) is 0.466. The van der Waals surface area contributed by atoms with Crippen LogP contribution >= 0.6 is 12.4 Å². The zero-order chi connectivity index (χ0) is 18.8. The maximum absolute atomic E-state index is 10.7. The third-order valence-corrected chi connectivity index (χ3v) is 4.18. The van der Waals surface area contributed by atoms with Crippen LogP contribution in [0.3, 0.4) is 0 Å². The molecule has 0 amide bonds. The molecule has 1 aliphatic rings. The molecule has 0 heterocycles. The van der Waals surface area contributed by atoms with Crippen molar-refractivity contribution >= 4 is 12.4 Å². The van der Waals surface area contributed by atoms with Crippen molar-refractivity contribution < 1.29 is 26.8 Å². The van der Waals surface area contributed by atoms with E-state index >= 15 is 0 Å². The molecular formula is C23H36ClOTi-. The minimum absolute atomic E-state index is 0. The fourth-order valence-corrected chi connectivity index (χ4v) is 2.55. The van der Waals surface area contributed by atoms with Crippen LogP contribution in [0.2, 0.25) is 0 Å². The SMILES string of the molecule is CC(C)(C)c1cc(C(C)(C)C)c(O)c(C(C)(C)C)c1.Cl.[C-]1=CC=CC1.[Ti]. The molecule has 0 fully saturated rings. The number of rotatable bonds is 0. The maximum Gasteiger partial charge on any atom is 0.123 e. The van der Waals surface area contributed by atoms with Crippen molar-refractivity contribution in [2.45, 2.75) is 85.0 Å². The summed E-state index contributed by atoms with van der Waals surface area (Å²) in [5.41, 5.74) is 3.37. The van der Waals surface area contributed by atoms with Crippen molar-refractivity contribution in [1.82, 2.24) is 0 Å². The third kappa shape index (κ3) is 8.03. The molecule has 146 valence electrons. The molecule has 0 saturated carbocycles. The predicted molar refractivity (Wildman–Crippen MR) is 113 cm³/mol. The average Bonchev–Trinajstić information content (AvgIpc) is 2.93. The summed E-state index contributed by atoms with van der Waals surface area (Å²) in [6, 6.07) is 4.34. The Kier molecular flexibility index (Phi) is 10.8. The van der Waals surface area contributed by atoms with E-state index in [1.165, 1.54) is 5.56 Å². The molecule has 2 rings (SSSR count). The number of hydrogen-bond donors (Lipinski definition) is 1. The van der Waals surface area contributed by atoms with Crippen molar-refractivity contribution in [3.63, 3.8) is 0 Å². The molecule has 3 heteroatoms. The Balaban J connectivity index is 0. The quantitative estimate of drug-likeness (QED) is 0.359. The number of hydrogen-bond acceptors (Lipinski definition) is 1. The normalized spacial score (nSPS) is 13.4. The van der Waals surface area contributed by atoms with Crippen LogP contribution in [0.15, 0.2) is 30.4 Å². The first-order valence-corrected chi connectivity index (χ1v) is 8.85. The maximum atomic E-state index is 10.7. The number of halogens is 1. The molecule has 0 saturated heterocycles. The fourth-order valence-electron chi connectivity index (χ4n) is 2.55. The van der Waals surface area contributed by atoms with Gasteiger partial charge < -0.3 is 5.11 Å². The largest absolute Gasteiger partial charge is 0.507 e. The summed E-state index contributed by atoms with van der Waals surface area (Å²) in [4.78, 5) is 0. The van der Waals surface area contributed by atoms with Crippen LogP contribution in [0.25, 0.3) is 0 Å². The smallest absolute Gasteiger partial charge is 0.123 e. The number of benzene rings is 1. The Morgan fingerprint density at radius 3 is 1.42 bits per heavy atom. The number of phenolic OH excluding ortho intramolecular Hbond substituents is 1. The Hall–Kier alpha value is -0.496. The molecule has 0 aliphatic heterocycles. The zero-order valence-electron chi connectivity index (χ0n) is 17.9. The molecule has 0 spiro atoms. The summed E-state index contributed by atoms with van der Waals surface area (Å²) in [5, 5.41) is 10.7. The van der Waals surface area contributed by atoms with Crippen LogP contribution in [0.1, 0.15) is 85.4 Å². The van der Waals surface area contributed by atoms with E-state index in [0.717, 1.165) is 17.5 Å². The van der Waals surface area contributed by atoms with Crippen LogP contribution in [-0.2, 0) is 38.0 Å². The minimum atomic E-state index is -0.0503. The summed E-state index contributed by atoms with van der Waals surface area (Å²) in [7, 11) is 0. The van der Waals surface area contributed by atoms with E-state index in [-0.39, 0.29) is 50.4 Å². The Morgan fingerprint density at radius 2 is 1.23 bits per heavy atom. The van der Waals surface area contributed by atoms with Gasteiger partial charge in [-0.05, 0) is 32.9 Å². The van der Waals surface area contributed by atoms with Crippen molar-refractivity contribution in [1.29, 1.82) is 0 Å². The summed E-state index contributed by atoms with van der Waals surface area (Å²) in [6.07, 6.45) is 10.0. The van der Waals surface area contributed by atoms with Gasteiger partial charge in [0.15, 0.2) is 0 Å². The number of allylic oxidation sites excluding steroid dienone is 4. The van der Waals surface area contributed by atoms with Crippen LogP contribution in [0, 0.1) is 6.08 Å². The first kappa shape index (κ1) is 27.7. The first-order chi connectivity index (χ1) is 10.7. The molecule has 0 bridgehead atoms. The van der Waals surface area contributed by atoms with Gasteiger partial charge in [0, 0.05) is 21.7 Å². The molecule has 26 heavy (non-hydrogen) atoms. The number of phenols is 1. The Bertz CT molecular complexity index is 578. The van der Waals surface area contributed by atoms with Gasteiger partial charge in [-0.1, -0.05) is 74.4 Å². The van der Waals surface area contributed by atoms with Crippen molar-refractivity contribution in [3.8, 4) is 5.75 Å². The molecule has 1 aliphatic carbocycles. The molecule has 0 aromatic heterocycles. The molecule has 0 unspecified atom stereocenters. The van der Waals surface area contributed by atoms with E-state index in [1.807, 2.05) is 12.2 Å². The van der Waals surface area contributed by atoms with Gasteiger partial charge >= 0.3 is 0 Å². The third-order valence-electron chi connectivity index (χ3n) is 4.18. The van der Waals surface area contributed by atoms with Gasteiger partial charge in [0.2, 0.25) is 0 Å². The topological polar surface area (TPSA) is 20.2 Å². The summed E-state index contributed by atoms with van der Waals surface area (Å²) >= 11 is 0. The second-order valence-electron chi connectivity index (χ2n) is 9.67. The van der Waals surface area contributed by atoms with E-state index in [2.05, 4.69) is 86.6 Å². The van der Waals surface area contributed by atoms with E-state index in [1.54, 1.807) is 0 Å². The first-order valence-electron chi connectivity index (χ1n) is 8.85. The van der Waals surface area contributed by atoms with Crippen LogP contribution in [0.5, 0.6) is 5.75 Å². The van der Waals surface area contributed by atoms with Crippen LogP contribution < -0.4 is 0 Å². The molecule has 0 radical (unpaired) electrons. The van der Waals surface area contributed by atoms with Crippen molar-refractivity contribution in [2.24, 2.45) is 0 Å². The average molecular weight is 412 g/mol. The molecule has 1 N–H and O–H groups in total. The monoisotopic (exact) mass is 411 g/mol. The van der Waals surface area contributed by atoms with E-state index in [0.29, 0.717) is 5.75 Å². The van der Waals surface area contributed by atoms with Gasteiger partial charge in [-0.15, -0.1) is 18.8 Å². The molecule has 0 atom stereocenters. The van der Waals surface area contributed by atoms with Gasteiger partial charge in [0.1, 0.15) is 5.75 Å². The van der Waals surface area contributed by atoms with E-state index < -0.39 is 0 Å². The Morgan fingerprint density at radius 1 is 0.808 bits per heavy atom. The van der Waals surface area contributed by atoms with E-state index in [9.17, 15) is 5.11 Å². The van der Waals surface area contributed by atoms with Gasteiger partial charge in [0.25, 0.3) is 0 Å². The van der Waals surface area contributed by atoms with Crippen LogP contribution in [-0.4, -0.2) is 5.11 Å².